The zero-order chi connectivity index (χ0) is 25.3. The predicted molar refractivity (Wildman–Crippen MR) is 134 cm³/mol. The fourth-order valence-corrected chi connectivity index (χ4v) is 3.75. The molecule has 3 aromatic heterocycles. The lowest BCUT2D eigenvalue weighted by Crippen LogP contribution is -2.33. The smallest absolute Gasteiger partial charge is 0.252 e. The van der Waals surface area contributed by atoms with E-state index in [1.807, 2.05) is 58.4 Å². The van der Waals surface area contributed by atoms with Crippen LogP contribution < -0.4 is 10.6 Å². The third-order valence-corrected chi connectivity index (χ3v) is 5.55. The van der Waals surface area contributed by atoms with Crippen LogP contribution in [0.1, 0.15) is 62.3 Å². The normalized spacial score (nSPS) is 11.7. The van der Waals surface area contributed by atoms with Crippen LogP contribution in [0.15, 0.2) is 43.0 Å². The molecule has 1 aromatic carbocycles. The molecule has 0 spiro atoms. The van der Waals surface area contributed by atoms with Crippen molar-refractivity contribution in [2.24, 2.45) is 0 Å². The standard InChI is InChI=1S/C25H30N8O2/c1-15(2)20-11-19(22-16(3)31-33(23(22)30-20)25(4,5)6)24(35)27-12-21(34)29-17-7-9-18(10-8-17)32-14-26-13-28-32/h7-11,13-15H,12H2,1-6H3,(H,27,35)(H,29,34). The maximum absolute atomic E-state index is 13.2. The Morgan fingerprint density at radius 2 is 1.83 bits per heavy atom. The highest BCUT2D eigenvalue weighted by atomic mass is 16.2. The Bertz CT molecular complexity index is 1360. The zero-order valence-electron chi connectivity index (χ0n) is 20.8. The number of benzene rings is 1. The highest BCUT2D eigenvalue weighted by Gasteiger charge is 2.25. The number of aromatic nitrogens is 6. The molecule has 0 saturated carbocycles. The Kier molecular flexibility index (Phi) is 6.38. The van der Waals surface area contributed by atoms with Gasteiger partial charge in [0, 0.05) is 11.4 Å². The summed E-state index contributed by atoms with van der Waals surface area (Å²) < 4.78 is 3.48. The topological polar surface area (TPSA) is 120 Å². The first-order valence-corrected chi connectivity index (χ1v) is 11.5. The number of rotatable bonds is 6. The fraction of sp³-hybridized carbons (Fsp3) is 0.360. The van der Waals surface area contributed by atoms with E-state index in [9.17, 15) is 9.59 Å². The highest BCUT2D eigenvalue weighted by molar-refractivity contribution is 6.08. The summed E-state index contributed by atoms with van der Waals surface area (Å²) in [7, 11) is 0. The summed E-state index contributed by atoms with van der Waals surface area (Å²) in [6.45, 7) is 11.9. The Labute approximate surface area is 203 Å². The van der Waals surface area contributed by atoms with E-state index < -0.39 is 0 Å². The lowest BCUT2D eigenvalue weighted by molar-refractivity contribution is -0.115. The molecule has 10 nitrogen and oxygen atoms in total. The van der Waals surface area contributed by atoms with Crippen molar-refractivity contribution in [2.75, 3.05) is 11.9 Å². The molecule has 4 aromatic rings. The molecule has 182 valence electrons. The van der Waals surface area contributed by atoms with Gasteiger partial charge >= 0.3 is 0 Å². The molecule has 0 radical (unpaired) electrons. The van der Waals surface area contributed by atoms with Gasteiger partial charge in [-0.3, -0.25) is 9.59 Å². The van der Waals surface area contributed by atoms with Crippen LogP contribution in [0, 0.1) is 6.92 Å². The van der Waals surface area contributed by atoms with Crippen LogP contribution in [0.3, 0.4) is 0 Å². The van der Waals surface area contributed by atoms with Gasteiger partial charge in [-0.05, 0) is 63.9 Å². The molecule has 2 amide bonds. The number of hydrogen-bond acceptors (Lipinski definition) is 6. The van der Waals surface area contributed by atoms with Gasteiger partial charge < -0.3 is 10.6 Å². The molecule has 3 heterocycles. The zero-order valence-corrected chi connectivity index (χ0v) is 20.8. The van der Waals surface area contributed by atoms with Gasteiger partial charge in [0.1, 0.15) is 12.7 Å². The summed E-state index contributed by atoms with van der Waals surface area (Å²) >= 11 is 0. The van der Waals surface area contributed by atoms with Gasteiger partial charge in [0.05, 0.1) is 34.4 Å². The third kappa shape index (κ3) is 5.06. The summed E-state index contributed by atoms with van der Waals surface area (Å²) in [5.74, 6) is -0.547. The molecule has 0 atom stereocenters. The summed E-state index contributed by atoms with van der Waals surface area (Å²) in [5, 5.41) is 15.0. The molecule has 2 N–H and O–H groups in total. The minimum Gasteiger partial charge on any atom is -0.343 e. The van der Waals surface area contributed by atoms with Crippen molar-refractivity contribution in [3.8, 4) is 5.69 Å². The number of anilines is 1. The van der Waals surface area contributed by atoms with Crippen LogP contribution in [0.5, 0.6) is 0 Å². The van der Waals surface area contributed by atoms with E-state index in [0.29, 0.717) is 22.3 Å². The number of aryl methyl sites for hydroxylation is 1. The molecule has 0 fully saturated rings. The van der Waals surface area contributed by atoms with E-state index in [1.54, 1.807) is 29.2 Å². The number of amides is 2. The molecular weight excluding hydrogens is 444 g/mol. The first-order chi connectivity index (χ1) is 16.5. The third-order valence-electron chi connectivity index (χ3n) is 5.55. The van der Waals surface area contributed by atoms with Crippen LogP contribution in [-0.2, 0) is 10.3 Å². The molecule has 0 aliphatic carbocycles. The lowest BCUT2D eigenvalue weighted by atomic mass is 10.0. The number of carbonyl (C=O) groups excluding carboxylic acids is 2. The van der Waals surface area contributed by atoms with E-state index in [0.717, 1.165) is 17.1 Å². The van der Waals surface area contributed by atoms with E-state index in [-0.39, 0.29) is 29.8 Å². The molecule has 0 aliphatic rings. The molecule has 0 bridgehead atoms. The molecule has 10 heteroatoms. The summed E-state index contributed by atoms with van der Waals surface area (Å²) in [5.41, 5.74) is 3.79. The average molecular weight is 475 g/mol. The molecule has 0 unspecified atom stereocenters. The second-order valence-electron chi connectivity index (χ2n) is 9.73. The van der Waals surface area contributed by atoms with Crippen molar-refractivity contribution in [1.29, 1.82) is 0 Å². The number of fused-ring (bicyclic) bond motifs is 1. The maximum Gasteiger partial charge on any atom is 0.252 e. The first-order valence-electron chi connectivity index (χ1n) is 11.5. The molecule has 35 heavy (non-hydrogen) atoms. The molecular formula is C25H30N8O2. The average Bonchev–Trinajstić information content (AvgIpc) is 3.46. The van der Waals surface area contributed by atoms with E-state index >= 15 is 0 Å². The van der Waals surface area contributed by atoms with Gasteiger partial charge in [0.15, 0.2) is 5.65 Å². The van der Waals surface area contributed by atoms with Crippen molar-refractivity contribution in [3.63, 3.8) is 0 Å². The van der Waals surface area contributed by atoms with E-state index in [2.05, 4.69) is 25.8 Å². The summed E-state index contributed by atoms with van der Waals surface area (Å²) in [6, 6.07) is 8.97. The van der Waals surface area contributed by atoms with Crippen molar-refractivity contribution in [3.05, 3.63) is 59.9 Å². The number of hydrogen-bond donors (Lipinski definition) is 2. The van der Waals surface area contributed by atoms with Crippen LogP contribution in [0.4, 0.5) is 5.69 Å². The Morgan fingerprint density at radius 1 is 1.11 bits per heavy atom. The van der Waals surface area contributed by atoms with Gasteiger partial charge in [-0.15, -0.1) is 0 Å². The van der Waals surface area contributed by atoms with Crippen molar-refractivity contribution in [2.45, 2.75) is 53.0 Å². The van der Waals surface area contributed by atoms with Crippen molar-refractivity contribution >= 4 is 28.5 Å². The SMILES string of the molecule is Cc1nn(C(C)(C)C)c2nc(C(C)C)cc(C(=O)NCC(=O)Nc3ccc(-n4cncn4)cc3)c12. The van der Waals surface area contributed by atoms with Crippen molar-refractivity contribution < 1.29 is 9.59 Å². The minimum atomic E-state index is -0.340. The second kappa shape index (κ2) is 9.28. The van der Waals surface area contributed by atoms with Gasteiger partial charge in [0.2, 0.25) is 5.91 Å². The van der Waals surface area contributed by atoms with Gasteiger partial charge in [0.25, 0.3) is 5.91 Å². The second-order valence-corrected chi connectivity index (χ2v) is 9.73. The van der Waals surface area contributed by atoms with E-state index in [4.69, 9.17) is 4.98 Å². The molecule has 0 saturated heterocycles. The van der Waals surface area contributed by atoms with Gasteiger partial charge in [-0.25, -0.2) is 19.3 Å². The maximum atomic E-state index is 13.2. The van der Waals surface area contributed by atoms with Gasteiger partial charge in [-0.1, -0.05) is 13.8 Å². The number of pyridine rings is 1. The quantitative estimate of drug-likeness (QED) is 0.441. The predicted octanol–water partition coefficient (Wildman–Crippen LogP) is 3.57. The van der Waals surface area contributed by atoms with Crippen LogP contribution in [0.2, 0.25) is 0 Å². The highest BCUT2D eigenvalue weighted by Crippen LogP contribution is 2.28. The number of nitrogens with zero attached hydrogens (tertiary/aromatic N) is 6. The largest absolute Gasteiger partial charge is 0.343 e. The number of carbonyl (C=O) groups is 2. The Balaban J connectivity index is 1.51. The Morgan fingerprint density at radius 3 is 2.43 bits per heavy atom. The van der Waals surface area contributed by atoms with Crippen LogP contribution in [0.25, 0.3) is 16.7 Å². The lowest BCUT2D eigenvalue weighted by Gasteiger charge is -2.20. The van der Waals surface area contributed by atoms with Crippen molar-refractivity contribution in [1.82, 2.24) is 34.8 Å². The fourth-order valence-electron chi connectivity index (χ4n) is 3.75. The van der Waals surface area contributed by atoms with Gasteiger partial charge in [-0.2, -0.15) is 10.2 Å². The molecule has 4 rings (SSSR count). The van der Waals surface area contributed by atoms with E-state index in [1.165, 1.54) is 6.33 Å². The minimum absolute atomic E-state index is 0.123. The Hall–Kier alpha value is -4.08. The van der Waals surface area contributed by atoms with Crippen LogP contribution >= 0.6 is 0 Å². The summed E-state index contributed by atoms with van der Waals surface area (Å²) in [6.07, 6.45) is 3.05. The summed E-state index contributed by atoms with van der Waals surface area (Å²) in [4.78, 5) is 34.5. The monoisotopic (exact) mass is 474 g/mol. The number of nitrogens with one attached hydrogen (secondary N) is 2. The molecule has 0 aliphatic heterocycles. The van der Waals surface area contributed by atoms with Crippen LogP contribution in [-0.4, -0.2) is 47.9 Å². The first kappa shape index (κ1) is 24.1.